The second-order valence-electron chi connectivity index (χ2n) is 6.21. The van der Waals surface area contributed by atoms with Crippen molar-refractivity contribution in [3.63, 3.8) is 0 Å². The van der Waals surface area contributed by atoms with Gasteiger partial charge in [0.15, 0.2) is 6.61 Å². The number of methoxy groups -OCH3 is 1. The molecule has 0 radical (unpaired) electrons. The van der Waals surface area contributed by atoms with Crippen LogP contribution in [0, 0.1) is 0 Å². The predicted molar refractivity (Wildman–Crippen MR) is 104 cm³/mol. The number of anilines is 1. The van der Waals surface area contributed by atoms with E-state index in [0.717, 1.165) is 18.4 Å². The molecule has 0 atom stereocenters. The summed E-state index contributed by atoms with van der Waals surface area (Å²) in [5, 5.41) is 4.95. The number of nitrogens with one attached hydrogen (secondary N) is 1. The van der Waals surface area contributed by atoms with E-state index in [2.05, 4.69) is 5.32 Å². The lowest BCUT2D eigenvalue weighted by Gasteiger charge is -2.10. The normalized spacial score (nSPS) is 12.9. The molecule has 3 rings (SSSR count). The molecule has 1 aromatic heterocycles. The minimum atomic E-state index is -0.664. The molecule has 8 heteroatoms. The molecule has 1 aliphatic rings. The average molecular weight is 403 g/mol. The minimum Gasteiger partial charge on any atom is -0.496 e. The summed E-state index contributed by atoms with van der Waals surface area (Å²) < 4.78 is 15.3. The molecule has 1 N–H and O–H groups in total. The first-order chi connectivity index (χ1) is 13.5. The summed E-state index contributed by atoms with van der Waals surface area (Å²) in [6.45, 7) is 1.51. The lowest BCUT2D eigenvalue weighted by atomic mass is 10.1. The van der Waals surface area contributed by atoms with Crippen molar-refractivity contribution < 1.29 is 28.6 Å². The number of amides is 1. The highest BCUT2D eigenvalue weighted by atomic mass is 32.1. The van der Waals surface area contributed by atoms with Crippen molar-refractivity contribution in [3.05, 3.63) is 46.3 Å². The van der Waals surface area contributed by atoms with Gasteiger partial charge in [-0.2, -0.15) is 0 Å². The lowest BCUT2D eigenvalue weighted by Crippen LogP contribution is -2.22. The predicted octanol–water partition coefficient (Wildman–Crippen LogP) is 3.61. The Labute approximate surface area is 166 Å². The number of rotatable bonds is 8. The first kappa shape index (κ1) is 19.9. The Morgan fingerprint density at radius 3 is 2.57 bits per heavy atom. The Kier molecular flexibility index (Phi) is 6.30. The van der Waals surface area contributed by atoms with Crippen LogP contribution in [0.15, 0.2) is 29.6 Å². The lowest BCUT2D eigenvalue weighted by molar-refractivity contribution is -0.119. The van der Waals surface area contributed by atoms with Gasteiger partial charge < -0.3 is 19.5 Å². The minimum absolute atomic E-state index is 0.233. The Morgan fingerprint density at radius 1 is 1.14 bits per heavy atom. The molecule has 7 nitrogen and oxygen atoms in total. The summed E-state index contributed by atoms with van der Waals surface area (Å²) in [5.74, 6) is -0.942. The highest BCUT2D eigenvalue weighted by Gasteiger charge is 2.32. The largest absolute Gasteiger partial charge is 0.496 e. The van der Waals surface area contributed by atoms with Crippen LogP contribution in [0.1, 0.15) is 52.0 Å². The highest BCUT2D eigenvalue weighted by molar-refractivity contribution is 7.15. The number of benzene rings is 1. The zero-order valence-corrected chi connectivity index (χ0v) is 16.5. The first-order valence-corrected chi connectivity index (χ1v) is 9.81. The molecule has 1 aliphatic carbocycles. The van der Waals surface area contributed by atoms with E-state index in [1.54, 1.807) is 31.2 Å². The Hall–Kier alpha value is -2.87. The monoisotopic (exact) mass is 403 g/mol. The summed E-state index contributed by atoms with van der Waals surface area (Å²) in [7, 11) is 1.45. The van der Waals surface area contributed by atoms with Crippen LogP contribution in [0.5, 0.6) is 5.75 Å². The van der Waals surface area contributed by atoms with Crippen LogP contribution in [0.3, 0.4) is 0 Å². The number of ether oxygens (including phenoxy) is 3. The Balaban J connectivity index is 1.65. The molecule has 1 fully saturated rings. The standard InChI is InChI=1S/C20H21NO6S/c1-3-26-20(24)17-14(12-8-9-12)11-28-18(17)21-16(22)10-27-19(23)13-6-4-5-7-15(13)25-2/h4-7,11-12H,3,8-10H2,1-2H3,(H,21,22). The second kappa shape index (κ2) is 8.88. The van der Waals surface area contributed by atoms with Crippen molar-refractivity contribution in [1.29, 1.82) is 0 Å². The highest BCUT2D eigenvalue weighted by Crippen LogP contribution is 2.46. The van der Waals surface area contributed by atoms with Crippen molar-refractivity contribution in [2.75, 3.05) is 25.6 Å². The first-order valence-electron chi connectivity index (χ1n) is 8.93. The fraction of sp³-hybridized carbons (Fsp3) is 0.350. The molecule has 0 unspecified atom stereocenters. The van der Waals surface area contributed by atoms with Gasteiger partial charge >= 0.3 is 11.9 Å². The molecule has 0 aliphatic heterocycles. The maximum atomic E-state index is 12.3. The van der Waals surface area contributed by atoms with Crippen molar-refractivity contribution in [2.24, 2.45) is 0 Å². The summed E-state index contributed by atoms with van der Waals surface area (Å²) in [6, 6.07) is 6.59. The number of thiophene rings is 1. The molecule has 0 bridgehead atoms. The van der Waals surface area contributed by atoms with Gasteiger partial charge in [-0.15, -0.1) is 11.3 Å². The van der Waals surface area contributed by atoms with E-state index < -0.39 is 24.5 Å². The SMILES string of the molecule is CCOC(=O)c1c(C2CC2)csc1NC(=O)COC(=O)c1ccccc1OC. The molecule has 1 heterocycles. The number of hydrogen-bond donors (Lipinski definition) is 1. The molecular weight excluding hydrogens is 382 g/mol. The number of carbonyl (C=O) groups is 3. The number of hydrogen-bond acceptors (Lipinski definition) is 7. The van der Waals surface area contributed by atoms with Crippen LogP contribution in [-0.2, 0) is 14.3 Å². The van der Waals surface area contributed by atoms with Gasteiger partial charge in [-0.1, -0.05) is 12.1 Å². The summed E-state index contributed by atoms with van der Waals surface area (Å²) in [4.78, 5) is 36.8. The molecule has 148 valence electrons. The number of carbonyl (C=O) groups excluding carboxylic acids is 3. The molecule has 0 spiro atoms. The molecular formula is C20H21NO6S. The van der Waals surface area contributed by atoms with Gasteiger partial charge in [0.05, 0.1) is 19.3 Å². The van der Waals surface area contributed by atoms with Crippen LogP contribution in [0.25, 0.3) is 0 Å². The van der Waals surface area contributed by atoms with E-state index >= 15 is 0 Å². The van der Waals surface area contributed by atoms with Gasteiger partial charge in [0.25, 0.3) is 5.91 Å². The van der Waals surface area contributed by atoms with E-state index in [-0.39, 0.29) is 12.2 Å². The van der Waals surface area contributed by atoms with Crippen LogP contribution in [0.4, 0.5) is 5.00 Å². The summed E-state index contributed by atoms with van der Waals surface area (Å²) in [5.41, 5.74) is 1.54. The number of esters is 2. The van der Waals surface area contributed by atoms with Gasteiger partial charge in [-0.05, 0) is 48.8 Å². The molecule has 1 amide bonds. The Morgan fingerprint density at radius 2 is 1.89 bits per heavy atom. The maximum absolute atomic E-state index is 12.3. The van der Waals surface area contributed by atoms with Crippen molar-refractivity contribution in [3.8, 4) is 5.75 Å². The average Bonchev–Trinajstić information content (AvgIpc) is 3.46. The van der Waals surface area contributed by atoms with Crippen LogP contribution in [-0.4, -0.2) is 38.2 Å². The smallest absolute Gasteiger partial charge is 0.342 e. The van der Waals surface area contributed by atoms with Gasteiger partial charge in [0, 0.05) is 0 Å². The molecule has 0 saturated heterocycles. The third-order valence-electron chi connectivity index (χ3n) is 4.23. The Bertz CT molecular complexity index is 887. The van der Waals surface area contributed by atoms with E-state index in [9.17, 15) is 14.4 Å². The third-order valence-corrected chi connectivity index (χ3v) is 5.14. The fourth-order valence-corrected chi connectivity index (χ4v) is 3.80. The summed E-state index contributed by atoms with van der Waals surface area (Å²) in [6.07, 6.45) is 2.04. The van der Waals surface area contributed by atoms with Crippen molar-refractivity contribution >= 4 is 34.2 Å². The van der Waals surface area contributed by atoms with Crippen LogP contribution in [0.2, 0.25) is 0 Å². The number of para-hydroxylation sites is 1. The van der Waals surface area contributed by atoms with E-state index in [1.807, 2.05) is 5.38 Å². The molecule has 2 aromatic rings. The third kappa shape index (κ3) is 4.51. The second-order valence-corrected chi connectivity index (χ2v) is 7.09. The summed E-state index contributed by atoms with van der Waals surface area (Å²) >= 11 is 1.27. The maximum Gasteiger partial charge on any atom is 0.342 e. The van der Waals surface area contributed by atoms with Gasteiger partial charge in [-0.25, -0.2) is 9.59 Å². The van der Waals surface area contributed by atoms with Crippen LogP contribution < -0.4 is 10.1 Å². The fourth-order valence-electron chi connectivity index (χ4n) is 2.76. The van der Waals surface area contributed by atoms with E-state index in [0.29, 0.717) is 22.2 Å². The van der Waals surface area contributed by atoms with E-state index in [4.69, 9.17) is 14.2 Å². The van der Waals surface area contributed by atoms with Gasteiger partial charge in [0.2, 0.25) is 0 Å². The van der Waals surface area contributed by atoms with Gasteiger partial charge in [-0.3, -0.25) is 4.79 Å². The van der Waals surface area contributed by atoms with Crippen LogP contribution >= 0.6 is 11.3 Å². The molecule has 1 aromatic carbocycles. The van der Waals surface area contributed by atoms with Gasteiger partial charge in [0.1, 0.15) is 16.3 Å². The molecule has 28 heavy (non-hydrogen) atoms. The zero-order chi connectivity index (χ0) is 20.1. The zero-order valence-electron chi connectivity index (χ0n) is 15.7. The topological polar surface area (TPSA) is 90.9 Å². The quantitative estimate of drug-likeness (QED) is 0.677. The van der Waals surface area contributed by atoms with E-state index in [1.165, 1.54) is 18.4 Å². The van der Waals surface area contributed by atoms with Crippen molar-refractivity contribution in [2.45, 2.75) is 25.7 Å². The molecule has 1 saturated carbocycles. The van der Waals surface area contributed by atoms with Crippen molar-refractivity contribution in [1.82, 2.24) is 0 Å².